The van der Waals surface area contributed by atoms with E-state index < -0.39 is 17.6 Å². The quantitative estimate of drug-likeness (QED) is 0.456. The first-order valence-corrected chi connectivity index (χ1v) is 11.4. The molecular formula is C24H24ClF3N4O2. The molecule has 2 N–H and O–H groups in total. The molecule has 1 aliphatic rings. The predicted octanol–water partition coefficient (Wildman–Crippen LogP) is 5.49. The van der Waals surface area contributed by atoms with Gasteiger partial charge in [-0.15, -0.1) is 0 Å². The van der Waals surface area contributed by atoms with Crippen LogP contribution in [0.5, 0.6) is 0 Å². The summed E-state index contributed by atoms with van der Waals surface area (Å²) in [7, 11) is 0. The molecule has 1 aliphatic carbocycles. The van der Waals surface area contributed by atoms with Gasteiger partial charge in [-0.25, -0.2) is 0 Å². The third kappa shape index (κ3) is 6.15. The fraction of sp³-hybridized carbons (Fsp3) is 0.375. The second-order valence-electron chi connectivity index (χ2n) is 8.39. The van der Waals surface area contributed by atoms with E-state index in [0.717, 1.165) is 56.0 Å². The summed E-state index contributed by atoms with van der Waals surface area (Å²) < 4.78 is 44.2. The van der Waals surface area contributed by atoms with E-state index in [2.05, 4.69) is 20.8 Å². The Kier molecular flexibility index (Phi) is 7.53. The van der Waals surface area contributed by atoms with Gasteiger partial charge >= 0.3 is 6.18 Å². The van der Waals surface area contributed by atoms with Gasteiger partial charge in [-0.2, -0.15) is 18.2 Å². The van der Waals surface area contributed by atoms with Gasteiger partial charge in [0.05, 0.1) is 22.7 Å². The zero-order valence-corrected chi connectivity index (χ0v) is 19.0. The first kappa shape index (κ1) is 24.2. The number of carbonyl (C=O) groups excluding carboxylic acids is 1. The molecule has 3 aromatic rings. The zero-order chi connectivity index (χ0) is 24.1. The van der Waals surface area contributed by atoms with Crippen molar-refractivity contribution in [3.05, 3.63) is 70.6 Å². The Balaban J connectivity index is 1.21. The van der Waals surface area contributed by atoms with Crippen molar-refractivity contribution in [1.82, 2.24) is 20.8 Å². The van der Waals surface area contributed by atoms with Gasteiger partial charge in [0.25, 0.3) is 5.91 Å². The van der Waals surface area contributed by atoms with Gasteiger partial charge in [-0.3, -0.25) is 4.79 Å². The maximum Gasteiger partial charge on any atom is 0.416 e. The molecule has 0 unspecified atom stereocenters. The molecule has 1 aromatic heterocycles. The van der Waals surface area contributed by atoms with Crippen molar-refractivity contribution in [3.63, 3.8) is 0 Å². The SMILES string of the molecule is O=C(NC1CCC(CNCc2nc(-c3ccccc3)no2)CC1)c1cc(C(F)(F)F)ccc1Cl. The lowest BCUT2D eigenvalue weighted by Crippen LogP contribution is -2.39. The zero-order valence-electron chi connectivity index (χ0n) is 18.2. The van der Waals surface area contributed by atoms with Crippen molar-refractivity contribution in [3.8, 4) is 11.4 Å². The maximum atomic E-state index is 13.0. The summed E-state index contributed by atoms with van der Waals surface area (Å²) in [6, 6.07) is 12.3. The molecule has 6 nitrogen and oxygen atoms in total. The fourth-order valence-electron chi connectivity index (χ4n) is 4.06. The van der Waals surface area contributed by atoms with Crippen molar-refractivity contribution >= 4 is 17.5 Å². The lowest BCUT2D eigenvalue weighted by Gasteiger charge is -2.29. The summed E-state index contributed by atoms with van der Waals surface area (Å²) in [5.74, 6) is 0.900. The van der Waals surface area contributed by atoms with Crippen LogP contribution >= 0.6 is 11.6 Å². The van der Waals surface area contributed by atoms with Crippen LogP contribution in [-0.2, 0) is 12.7 Å². The first-order chi connectivity index (χ1) is 16.3. The molecule has 1 saturated carbocycles. The van der Waals surface area contributed by atoms with Gasteiger partial charge in [-0.05, 0) is 56.3 Å². The number of aromatic nitrogens is 2. The van der Waals surface area contributed by atoms with Crippen molar-refractivity contribution in [2.24, 2.45) is 5.92 Å². The van der Waals surface area contributed by atoms with Gasteiger partial charge < -0.3 is 15.2 Å². The number of amides is 1. The first-order valence-electron chi connectivity index (χ1n) is 11.1. The lowest BCUT2D eigenvalue weighted by molar-refractivity contribution is -0.137. The molecule has 0 radical (unpaired) electrons. The Morgan fingerprint density at radius 1 is 1.09 bits per heavy atom. The molecule has 1 heterocycles. The highest BCUT2D eigenvalue weighted by molar-refractivity contribution is 6.33. The maximum absolute atomic E-state index is 13.0. The van der Waals surface area contributed by atoms with E-state index in [1.807, 2.05) is 30.3 Å². The number of hydrogen-bond donors (Lipinski definition) is 2. The third-order valence-electron chi connectivity index (χ3n) is 5.93. The highest BCUT2D eigenvalue weighted by atomic mass is 35.5. The number of benzene rings is 2. The molecule has 10 heteroatoms. The number of halogens is 4. The van der Waals surface area contributed by atoms with Crippen molar-refractivity contribution in [2.75, 3.05) is 6.54 Å². The smallest absolute Gasteiger partial charge is 0.349 e. The summed E-state index contributed by atoms with van der Waals surface area (Å²) in [6.45, 7) is 1.23. The van der Waals surface area contributed by atoms with E-state index in [-0.39, 0.29) is 16.6 Å². The van der Waals surface area contributed by atoms with Crippen LogP contribution in [-0.4, -0.2) is 28.6 Å². The summed E-state index contributed by atoms with van der Waals surface area (Å²) in [5.41, 5.74) is -0.159. The van der Waals surface area contributed by atoms with Crippen LogP contribution in [0.1, 0.15) is 47.5 Å². The number of nitrogens with one attached hydrogen (secondary N) is 2. The largest absolute Gasteiger partial charge is 0.416 e. The summed E-state index contributed by atoms with van der Waals surface area (Å²) in [4.78, 5) is 16.9. The Morgan fingerprint density at radius 2 is 1.82 bits per heavy atom. The molecule has 1 fully saturated rings. The number of alkyl halides is 3. The van der Waals surface area contributed by atoms with Gasteiger partial charge in [0, 0.05) is 11.6 Å². The Bertz CT molecular complexity index is 1110. The Labute approximate surface area is 199 Å². The topological polar surface area (TPSA) is 80.0 Å². The van der Waals surface area contributed by atoms with Crippen LogP contribution in [0.25, 0.3) is 11.4 Å². The van der Waals surface area contributed by atoms with Crippen molar-refractivity contribution in [2.45, 2.75) is 44.4 Å². The number of nitrogens with zero attached hydrogens (tertiary/aromatic N) is 2. The summed E-state index contributed by atoms with van der Waals surface area (Å²) in [5, 5.41) is 10.2. The van der Waals surface area contributed by atoms with Crippen LogP contribution in [0.3, 0.4) is 0 Å². The fourth-order valence-corrected chi connectivity index (χ4v) is 4.27. The third-order valence-corrected chi connectivity index (χ3v) is 6.26. The molecule has 0 bridgehead atoms. The van der Waals surface area contributed by atoms with E-state index in [1.165, 1.54) is 0 Å². The van der Waals surface area contributed by atoms with Crippen LogP contribution in [0, 0.1) is 5.92 Å². The molecular weight excluding hydrogens is 469 g/mol. The van der Waals surface area contributed by atoms with Gasteiger partial charge in [0.15, 0.2) is 0 Å². The minimum atomic E-state index is -4.53. The molecule has 0 aliphatic heterocycles. The van der Waals surface area contributed by atoms with Gasteiger partial charge in [-0.1, -0.05) is 47.1 Å². The molecule has 4 rings (SSSR count). The van der Waals surface area contributed by atoms with E-state index in [4.69, 9.17) is 16.1 Å². The highest BCUT2D eigenvalue weighted by Crippen LogP contribution is 2.32. The van der Waals surface area contributed by atoms with E-state index >= 15 is 0 Å². The Hall–Kier alpha value is -2.91. The van der Waals surface area contributed by atoms with E-state index in [9.17, 15) is 18.0 Å². The Morgan fingerprint density at radius 3 is 2.53 bits per heavy atom. The second-order valence-corrected chi connectivity index (χ2v) is 8.80. The molecule has 1 amide bonds. The molecule has 180 valence electrons. The average Bonchev–Trinajstić information content (AvgIpc) is 3.29. The second kappa shape index (κ2) is 10.6. The normalized spacial score (nSPS) is 18.6. The van der Waals surface area contributed by atoms with Crippen molar-refractivity contribution < 1.29 is 22.5 Å². The van der Waals surface area contributed by atoms with E-state index in [1.54, 1.807) is 0 Å². The average molecular weight is 493 g/mol. The van der Waals surface area contributed by atoms with Crippen LogP contribution in [0.15, 0.2) is 53.1 Å². The molecule has 0 spiro atoms. The number of carbonyl (C=O) groups is 1. The van der Waals surface area contributed by atoms with E-state index in [0.29, 0.717) is 24.2 Å². The van der Waals surface area contributed by atoms with Crippen molar-refractivity contribution in [1.29, 1.82) is 0 Å². The van der Waals surface area contributed by atoms with Crippen LogP contribution in [0.4, 0.5) is 13.2 Å². The number of hydrogen-bond acceptors (Lipinski definition) is 5. The lowest BCUT2D eigenvalue weighted by atomic mass is 9.86. The monoisotopic (exact) mass is 492 g/mol. The minimum Gasteiger partial charge on any atom is -0.349 e. The molecule has 2 aromatic carbocycles. The molecule has 0 saturated heterocycles. The minimum absolute atomic E-state index is 0.000154. The van der Waals surface area contributed by atoms with Crippen LogP contribution < -0.4 is 10.6 Å². The van der Waals surface area contributed by atoms with Gasteiger partial charge in [0.1, 0.15) is 0 Å². The van der Waals surface area contributed by atoms with Gasteiger partial charge in [0.2, 0.25) is 11.7 Å². The number of rotatable bonds is 7. The summed E-state index contributed by atoms with van der Waals surface area (Å²) >= 11 is 5.97. The predicted molar refractivity (Wildman–Crippen MR) is 121 cm³/mol. The highest BCUT2D eigenvalue weighted by Gasteiger charge is 2.32. The van der Waals surface area contributed by atoms with Crippen LogP contribution in [0.2, 0.25) is 5.02 Å². The molecule has 34 heavy (non-hydrogen) atoms. The summed E-state index contributed by atoms with van der Waals surface area (Å²) in [6.07, 6.45) is -1.28. The standard InChI is InChI=1S/C24H24ClF3N4O2/c25-20-11-8-17(24(26,27)28)12-19(20)23(33)30-18-9-6-15(7-10-18)13-29-14-21-31-22(32-34-21)16-4-2-1-3-5-16/h1-5,8,11-12,15,18,29H,6-7,9-10,13-14H2,(H,30,33). The molecule has 0 atom stereocenters.